The lowest BCUT2D eigenvalue weighted by Gasteiger charge is -2.07. The van der Waals surface area contributed by atoms with Crippen molar-refractivity contribution in [1.29, 1.82) is 0 Å². The van der Waals surface area contributed by atoms with E-state index in [9.17, 15) is 0 Å². The summed E-state index contributed by atoms with van der Waals surface area (Å²) in [6.07, 6.45) is 3.10. The summed E-state index contributed by atoms with van der Waals surface area (Å²) in [5.74, 6) is 0. The highest BCUT2D eigenvalue weighted by atomic mass is 16.6. The molecule has 0 aliphatic carbocycles. The van der Waals surface area contributed by atoms with E-state index >= 15 is 0 Å². The van der Waals surface area contributed by atoms with Crippen molar-refractivity contribution in [2.75, 3.05) is 20.1 Å². The van der Waals surface area contributed by atoms with Gasteiger partial charge in [0.2, 0.25) is 0 Å². The van der Waals surface area contributed by atoms with Crippen LogP contribution in [0.25, 0.3) is 0 Å². The Hall–Kier alpha value is -0.570. The molecule has 0 saturated carbocycles. The van der Waals surface area contributed by atoms with E-state index in [0.29, 0.717) is 6.10 Å². The van der Waals surface area contributed by atoms with E-state index in [1.807, 2.05) is 6.92 Å². The van der Waals surface area contributed by atoms with Crippen LogP contribution in [-0.2, 0) is 4.84 Å². The third-order valence-corrected chi connectivity index (χ3v) is 1.66. The Kier molecular flexibility index (Phi) is 2.68. The standard InChI is InChI=1S/C7H14N2O/c1-3-8-10-7-4-5-9(2)6-7/h3,7H,4-6H2,1-2H3. The van der Waals surface area contributed by atoms with Crippen LogP contribution in [0.5, 0.6) is 0 Å². The van der Waals surface area contributed by atoms with Crippen LogP contribution in [0, 0.1) is 0 Å². The van der Waals surface area contributed by atoms with Gasteiger partial charge in [-0.1, -0.05) is 5.16 Å². The molecule has 1 heterocycles. The summed E-state index contributed by atoms with van der Waals surface area (Å²) in [6.45, 7) is 4.00. The van der Waals surface area contributed by atoms with Gasteiger partial charge in [0.25, 0.3) is 0 Å². The molecule has 58 valence electrons. The fourth-order valence-corrected chi connectivity index (χ4v) is 1.13. The van der Waals surface area contributed by atoms with Crippen molar-refractivity contribution in [3.63, 3.8) is 0 Å². The third kappa shape index (κ3) is 1.99. The van der Waals surface area contributed by atoms with E-state index in [-0.39, 0.29) is 0 Å². The van der Waals surface area contributed by atoms with Gasteiger partial charge in [-0.25, -0.2) is 0 Å². The molecule has 1 aliphatic heterocycles. The number of hydrogen-bond donors (Lipinski definition) is 0. The number of likely N-dealkylation sites (tertiary alicyclic amines) is 1. The highest BCUT2D eigenvalue weighted by molar-refractivity contribution is 5.52. The van der Waals surface area contributed by atoms with Gasteiger partial charge in [-0.2, -0.15) is 0 Å². The van der Waals surface area contributed by atoms with Crippen LogP contribution in [0.15, 0.2) is 5.16 Å². The molecule has 0 spiro atoms. The molecule has 3 heteroatoms. The summed E-state index contributed by atoms with van der Waals surface area (Å²) in [5, 5.41) is 3.74. The van der Waals surface area contributed by atoms with Gasteiger partial charge in [-0.15, -0.1) is 0 Å². The second kappa shape index (κ2) is 3.56. The fourth-order valence-electron chi connectivity index (χ4n) is 1.13. The van der Waals surface area contributed by atoms with Gasteiger partial charge in [-0.05, 0) is 14.0 Å². The third-order valence-electron chi connectivity index (χ3n) is 1.66. The van der Waals surface area contributed by atoms with Gasteiger partial charge in [0.05, 0.1) is 0 Å². The maximum Gasteiger partial charge on any atom is 0.141 e. The zero-order valence-electron chi connectivity index (χ0n) is 6.58. The van der Waals surface area contributed by atoms with Crippen LogP contribution >= 0.6 is 0 Å². The smallest absolute Gasteiger partial charge is 0.141 e. The highest BCUT2D eigenvalue weighted by Gasteiger charge is 2.20. The second-order valence-electron chi connectivity index (χ2n) is 2.64. The first-order valence-electron chi connectivity index (χ1n) is 3.65. The molecule has 1 unspecified atom stereocenters. The lowest BCUT2D eigenvalue weighted by molar-refractivity contribution is 0.0680. The van der Waals surface area contributed by atoms with Crippen LogP contribution in [0.2, 0.25) is 0 Å². The minimum absolute atomic E-state index is 0.321. The van der Waals surface area contributed by atoms with Crippen LogP contribution in [-0.4, -0.2) is 37.4 Å². The topological polar surface area (TPSA) is 24.8 Å². The monoisotopic (exact) mass is 142 g/mol. The first-order valence-corrected chi connectivity index (χ1v) is 3.65. The Balaban J connectivity index is 2.18. The highest BCUT2D eigenvalue weighted by Crippen LogP contribution is 2.09. The molecule has 1 aliphatic rings. The van der Waals surface area contributed by atoms with Gasteiger partial charge < -0.3 is 9.74 Å². The maximum absolute atomic E-state index is 5.15. The average molecular weight is 142 g/mol. The Morgan fingerprint density at radius 1 is 1.70 bits per heavy atom. The molecule has 1 fully saturated rings. The number of hydrogen-bond acceptors (Lipinski definition) is 3. The average Bonchev–Trinajstić information content (AvgIpc) is 2.31. The molecule has 0 aromatic carbocycles. The molecule has 3 nitrogen and oxygen atoms in total. The lowest BCUT2D eigenvalue weighted by atomic mass is 10.3. The zero-order chi connectivity index (χ0) is 7.40. The summed E-state index contributed by atoms with van der Waals surface area (Å²) in [7, 11) is 2.10. The van der Waals surface area contributed by atoms with Crippen molar-refractivity contribution < 1.29 is 4.84 Å². The molecule has 1 saturated heterocycles. The lowest BCUT2D eigenvalue weighted by Crippen LogP contribution is -2.17. The van der Waals surface area contributed by atoms with Crippen molar-refractivity contribution in [2.24, 2.45) is 5.16 Å². The van der Waals surface area contributed by atoms with Gasteiger partial charge in [0.1, 0.15) is 6.10 Å². The molecule has 0 aromatic heterocycles. The number of nitrogens with zero attached hydrogens (tertiary/aromatic N) is 2. The quantitative estimate of drug-likeness (QED) is 0.419. The van der Waals surface area contributed by atoms with Crippen molar-refractivity contribution in [3.05, 3.63) is 0 Å². The van der Waals surface area contributed by atoms with E-state index in [1.54, 1.807) is 6.21 Å². The Labute approximate surface area is 61.6 Å². The Morgan fingerprint density at radius 3 is 3.00 bits per heavy atom. The Bertz CT molecular complexity index is 125. The fraction of sp³-hybridized carbons (Fsp3) is 0.857. The van der Waals surface area contributed by atoms with Crippen molar-refractivity contribution >= 4 is 6.21 Å². The first kappa shape index (κ1) is 7.54. The van der Waals surface area contributed by atoms with Gasteiger partial charge in [0.15, 0.2) is 0 Å². The number of oxime groups is 1. The molecule has 1 rings (SSSR count). The molecule has 10 heavy (non-hydrogen) atoms. The van der Waals surface area contributed by atoms with Crippen molar-refractivity contribution in [1.82, 2.24) is 4.90 Å². The maximum atomic E-state index is 5.15. The summed E-state index contributed by atoms with van der Waals surface area (Å²) in [5.41, 5.74) is 0. The van der Waals surface area contributed by atoms with Crippen LogP contribution in [0.4, 0.5) is 0 Å². The number of likely N-dealkylation sites (N-methyl/N-ethyl adjacent to an activating group) is 1. The summed E-state index contributed by atoms with van der Waals surface area (Å²) < 4.78 is 0. The second-order valence-corrected chi connectivity index (χ2v) is 2.64. The van der Waals surface area contributed by atoms with Crippen molar-refractivity contribution in [2.45, 2.75) is 19.4 Å². The van der Waals surface area contributed by atoms with Gasteiger partial charge in [0, 0.05) is 25.7 Å². The summed E-state index contributed by atoms with van der Waals surface area (Å²) in [4.78, 5) is 7.40. The SMILES string of the molecule is CC=NOC1CCN(C)C1. The van der Waals surface area contributed by atoms with E-state index in [1.165, 1.54) is 0 Å². The minimum Gasteiger partial charge on any atom is -0.391 e. The van der Waals surface area contributed by atoms with Gasteiger partial charge in [-0.3, -0.25) is 0 Å². The molecule has 1 atom stereocenters. The predicted octanol–water partition coefficient (Wildman–Crippen LogP) is 0.713. The van der Waals surface area contributed by atoms with Crippen LogP contribution in [0.1, 0.15) is 13.3 Å². The normalized spacial score (nSPS) is 28.0. The molecular formula is C7H14N2O. The zero-order valence-corrected chi connectivity index (χ0v) is 6.58. The molecule has 0 N–H and O–H groups in total. The Morgan fingerprint density at radius 2 is 2.50 bits per heavy atom. The summed E-state index contributed by atoms with van der Waals surface area (Å²) >= 11 is 0. The minimum atomic E-state index is 0.321. The van der Waals surface area contributed by atoms with Crippen LogP contribution in [0.3, 0.4) is 0 Å². The van der Waals surface area contributed by atoms with Gasteiger partial charge >= 0.3 is 0 Å². The summed E-state index contributed by atoms with van der Waals surface area (Å²) in [6, 6.07) is 0. The van der Waals surface area contributed by atoms with E-state index in [0.717, 1.165) is 19.5 Å². The van der Waals surface area contributed by atoms with Crippen molar-refractivity contribution in [3.8, 4) is 0 Å². The van der Waals surface area contributed by atoms with Crippen LogP contribution < -0.4 is 0 Å². The molecular weight excluding hydrogens is 128 g/mol. The largest absolute Gasteiger partial charge is 0.391 e. The molecule has 0 aromatic rings. The van der Waals surface area contributed by atoms with E-state index in [2.05, 4.69) is 17.1 Å². The predicted molar refractivity (Wildman–Crippen MR) is 41.2 cm³/mol. The van der Waals surface area contributed by atoms with E-state index < -0.39 is 0 Å². The van der Waals surface area contributed by atoms with E-state index in [4.69, 9.17) is 4.84 Å². The molecule has 0 radical (unpaired) electrons. The first-order chi connectivity index (χ1) is 4.83. The number of rotatable bonds is 2. The molecule has 0 amide bonds. The molecule has 0 bridgehead atoms.